The van der Waals surface area contributed by atoms with E-state index in [0.29, 0.717) is 6.42 Å². The highest BCUT2D eigenvalue weighted by molar-refractivity contribution is 6.14. The van der Waals surface area contributed by atoms with E-state index in [0.717, 1.165) is 10.5 Å². The predicted octanol–water partition coefficient (Wildman–Crippen LogP) is 2.07. The Hall–Kier alpha value is -2.43. The number of amides is 2. The van der Waals surface area contributed by atoms with Crippen LogP contribution in [0.25, 0.3) is 0 Å². The highest BCUT2D eigenvalue weighted by Gasteiger charge is 2.37. The maximum Gasteiger partial charge on any atom is 0.329 e. The lowest BCUT2D eigenvalue weighted by atomic mass is 10.0. The molecule has 0 saturated heterocycles. The van der Waals surface area contributed by atoms with E-state index < -0.39 is 23.8 Å². The van der Waals surface area contributed by atoms with Crippen LogP contribution in [0.5, 0.6) is 0 Å². The molecule has 2 amide bonds. The van der Waals surface area contributed by atoms with Crippen molar-refractivity contribution in [3.8, 4) is 0 Å². The third-order valence-corrected chi connectivity index (χ3v) is 3.35. The van der Waals surface area contributed by atoms with Crippen molar-refractivity contribution < 1.29 is 19.1 Å². The van der Waals surface area contributed by atoms with Crippen molar-refractivity contribution in [3.63, 3.8) is 0 Å². The summed E-state index contributed by atoms with van der Waals surface area (Å²) in [6, 6.07) is 8.40. The number of esters is 1. The zero-order chi connectivity index (χ0) is 16.1. The summed E-state index contributed by atoms with van der Waals surface area (Å²) in [4.78, 5) is 36.9. The Kier molecular flexibility index (Phi) is 5.09. The number of carbonyl (C=O) groups is 3. The lowest BCUT2D eigenvalue weighted by molar-refractivity contribution is -0.159. The molecule has 1 aromatic carbocycles. The highest BCUT2D eigenvalue weighted by Crippen LogP contribution is 2.18. The molecule has 0 unspecified atom stereocenters. The Morgan fingerprint density at radius 2 is 1.68 bits per heavy atom. The summed E-state index contributed by atoms with van der Waals surface area (Å²) in [5, 5.41) is 0. The molecule has 1 aliphatic heterocycles. The van der Waals surface area contributed by atoms with Crippen molar-refractivity contribution in [3.05, 3.63) is 48.0 Å². The van der Waals surface area contributed by atoms with Crippen LogP contribution in [0.15, 0.2) is 42.5 Å². The molecule has 5 nitrogen and oxygen atoms in total. The molecule has 0 aromatic heterocycles. The summed E-state index contributed by atoms with van der Waals surface area (Å²) < 4.78 is 5.29. The van der Waals surface area contributed by atoms with Crippen molar-refractivity contribution in [1.82, 2.24) is 4.90 Å². The van der Waals surface area contributed by atoms with Gasteiger partial charge in [-0.2, -0.15) is 0 Å². The zero-order valence-electron chi connectivity index (χ0n) is 12.7. The van der Waals surface area contributed by atoms with Crippen molar-refractivity contribution in [2.45, 2.75) is 32.9 Å². The van der Waals surface area contributed by atoms with Gasteiger partial charge in [-0.05, 0) is 17.9 Å². The van der Waals surface area contributed by atoms with E-state index >= 15 is 0 Å². The molecule has 1 heterocycles. The van der Waals surface area contributed by atoms with Gasteiger partial charge in [-0.25, -0.2) is 4.79 Å². The van der Waals surface area contributed by atoms with Crippen molar-refractivity contribution in [1.29, 1.82) is 0 Å². The van der Waals surface area contributed by atoms with Gasteiger partial charge in [0.2, 0.25) is 0 Å². The number of hydrogen-bond donors (Lipinski definition) is 0. The van der Waals surface area contributed by atoms with Crippen LogP contribution < -0.4 is 0 Å². The van der Waals surface area contributed by atoms with Crippen molar-refractivity contribution in [2.24, 2.45) is 5.92 Å². The maximum atomic E-state index is 12.3. The first-order valence-corrected chi connectivity index (χ1v) is 7.25. The summed E-state index contributed by atoms with van der Waals surface area (Å²) in [7, 11) is 0. The van der Waals surface area contributed by atoms with Gasteiger partial charge in [-0.1, -0.05) is 44.2 Å². The van der Waals surface area contributed by atoms with Gasteiger partial charge in [-0.15, -0.1) is 0 Å². The molecule has 0 fully saturated rings. The Morgan fingerprint density at radius 1 is 1.09 bits per heavy atom. The minimum absolute atomic E-state index is 0.123. The van der Waals surface area contributed by atoms with E-state index in [4.69, 9.17) is 4.74 Å². The number of imide groups is 1. The molecule has 0 N–H and O–H groups in total. The van der Waals surface area contributed by atoms with Gasteiger partial charge in [-0.3, -0.25) is 14.5 Å². The quantitative estimate of drug-likeness (QED) is 0.596. The third kappa shape index (κ3) is 3.81. The maximum absolute atomic E-state index is 12.3. The topological polar surface area (TPSA) is 63.7 Å². The fourth-order valence-electron chi connectivity index (χ4n) is 2.30. The van der Waals surface area contributed by atoms with Crippen LogP contribution in [0.2, 0.25) is 0 Å². The highest BCUT2D eigenvalue weighted by atomic mass is 16.5. The molecule has 0 radical (unpaired) electrons. The van der Waals surface area contributed by atoms with Crippen LogP contribution in [0.4, 0.5) is 0 Å². The molecule has 1 aromatic rings. The van der Waals surface area contributed by atoms with Gasteiger partial charge in [0.25, 0.3) is 11.8 Å². The summed E-state index contributed by atoms with van der Waals surface area (Å²) in [6.07, 6.45) is 2.74. The smallest absolute Gasteiger partial charge is 0.329 e. The molecule has 0 aliphatic carbocycles. The third-order valence-electron chi connectivity index (χ3n) is 3.35. The number of hydrogen-bond acceptors (Lipinski definition) is 4. The molecule has 1 aliphatic rings. The number of benzene rings is 1. The lowest BCUT2D eigenvalue weighted by Gasteiger charge is -2.25. The SMILES string of the molecule is CC(C)C[C@@H](C(=O)OCc1ccccc1)N1C(=O)C=CC1=O. The van der Waals surface area contributed by atoms with E-state index in [1.807, 2.05) is 44.2 Å². The summed E-state index contributed by atoms with van der Waals surface area (Å²) in [5.74, 6) is -1.34. The molecule has 0 saturated carbocycles. The first-order valence-electron chi connectivity index (χ1n) is 7.25. The number of rotatable bonds is 6. The second-order valence-corrected chi connectivity index (χ2v) is 5.62. The second kappa shape index (κ2) is 7.02. The van der Waals surface area contributed by atoms with E-state index in [-0.39, 0.29) is 12.5 Å². The van der Waals surface area contributed by atoms with E-state index in [1.165, 1.54) is 12.2 Å². The molecule has 0 spiro atoms. The van der Waals surface area contributed by atoms with Crippen molar-refractivity contribution >= 4 is 17.8 Å². The van der Waals surface area contributed by atoms with Gasteiger partial charge in [0.1, 0.15) is 12.6 Å². The van der Waals surface area contributed by atoms with Crippen molar-refractivity contribution in [2.75, 3.05) is 0 Å². The lowest BCUT2D eigenvalue weighted by Crippen LogP contribution is -2.46. The summed E-state index contributed by atoms with van der Waals surface area (Å²) in [6.45, 7) is 3.98. The Balaban J connectivity index is 2.06. The molecule has 1 atom stereocenters. The normalized spacial score (nSPS) is 15.5. The van der Waals surface area contributed by atoms with Crippen LogP contribution in [0, 0.1) is 5.92 Å². The monoisotopic (exact) mass is 301 g/mol. The molecular weight excluding hydrogens is 282 g/mol. The van der Waals surface area contributed by atoms with Crippen LogP contribution in [0.1, 0.15) is 25.8 Å². The van der Waals surface area contributed by atoms with Gasteiger partial charge >= 0.3 is 5.97 Å². The van der Waals surface area contributed by atoms with Crippen LogP contribution >= 0.6 is 0 Å². The Bertz CT molecular complexity index is 574. The molecule has 0 bridgehead atoms. The van der Waals surface area contributed by atoms with Crippen LogP contribution in [-0.2, 0) is 25.7 Å². The second-order valence-electron chi connectivity index (χ2n) is 5.62. The van der Waals surface area contributed by atoms with Gasteiger partial charge in [0, 0.05) is 12.2 Å². The first-order chi connectivity index (χ1) is 10.5. The first kappa shape index (κ1) is 15.9. The van der Waals surface area contributed by atoms with E-state index in [9.17, 15) is 14.4 Å². The predicted molar refractivity (Wildman–Crippen MR) is 80.5 cm³/mol. The van der Waals surface area contributed by atoms with Crippen LogP contribution in [-0.4, -0.2) is 28.7 Å². The molecule has 116 valence electrons. The zero-order valence-corrected chi connectivity index (χ0v) is 12.7. The average Bonchev–Trinajstić information content (AvgIpc) is 2.82. The summed E-state index contributed by atoms with van der Waals surface area (Å²) in [5.41, 5.74) is 0.858. The minimum atomic E-state index is -0.876. The molecular formula is C17H19NO4. The largest absolute Gasteiger partial charge is 0.459 e. The molecule has 22 heavy (non-hydrogen) atoms. The molecule has 5 heteroatoms. The fraction of sp³-hybridized carbons (Fsp3) is 0.353. The standard InChI is InChI=1S/C17H19NO4/c1-12(2)10-14(18-15(19)8-9-16(18)20)17(21)22-11-13-6-4-3-5-7-13/h3-9,12,14H,10-11H2,1-2H3/t14-/m0/s1. The fourth-order valence-corrected chi connectivity index (χ4v) is 2.30. The number of carbonyl (C=O) groups excluding carboxylic acids is 3. The van der Waals surface area contributed by atoms with Gasteiger partial charge in [0.15, 0.2) is 0 Å². The average molecular weight is 301 g/mol. The van der Waals surface area contributed by atoms with E-state index in [1.54, 1.807) is 0 Å². The number of nitrogens with zero attached hydrogens (tertiary/aromatic N) is 1. The Morgan fingerprint density at radius 3 is 2.23 bits per heavy atom. The minimum Gasteiger partial charge on any atom is -0.459 e. The summed E-state index contributed by atoms with van der Waals surface area (Å²) >= 11 is 0. The van der Waals surface area contributed by atoms with Crippen LogP contribution in [0.3, 0.4) is 0 Å². The molecule has 2 rings (SSSR count). The number of ether oxygens (including phenoxy) is 1. The van der Waals surface area contributed by atoms with E-state index in [2.05, 4.69) is 0 Å². The van der Waals surface area contributed by atoms with Gasteiger partial charge < -0.3 is 4.74 Å². The van der Waals surface area contributed by atoms with Gasteiger partial charge in [0.05, 0.1) is 0 Å². The Labute approximate surface area is 129 Å².